The third-order valence-electron chi connectivity index (χ3n) is 2.63. The number of nitrogens with zero attached hydrogens (tertiary/aromatic N) is 3. The molecule has 0 bridgehead atoms. The summed E-state index contributed by atoms with van der Waals surface area (Å²) in [5.41, 5.74) is 0. The van der Waals surface area contributed by atoms with Crippen LogP contribution in [0.15, 0.2) is 12.4 Å². The van der Waals surface area contributed by atoms with Gasteiger partial charge in [-0.3, -0.25) is 4.68 Å². The Hall–Kier alpha value is -1.03. The van der Waals surface area contributed by atoms with Crippen LogP contribution in [0.1, 0.15) is 27.2 Å². The van der Waals surface area contributed by atoms with E-state index in [2.05, 4.69) is 30.8 Å². The average Bonchev–Trinajstić information content (AvgIpc) is 2.73. The van der Waals surface area contributed by atoms with E-state index in [9.17, 15) is 0 Å². The second kappa shape index (κ2) is 7.28. The molecule has 1 aromatic rings. The van der Waals surface area contributed by atoms with Gasteiger partial charge in [-0.2, -0.15) is 5.10 Å². The normalized spacial score (nSPS) is 11.0. The van der Waals surface area contributed by atoms with E-state index in [0.717, 1.165) is 45.0 Å². The zero-order chi connectivity index (χ0) is 11.8. The SMILES string of the molecule is CCCn1cc(OCCN(CC)CC)cn1. The summed E-state index contributed by atoms with van der Waals surface area (Å²) in [6, 6.07) is 0. The lowest BCUT2D eigenvalue weighted by Crippen LogP contribution is -2.27. The van der Waals surface area contributed by atoms with Gasteiger partial charge in [0.1, 0.15) is 6.61 Å². The van der Waals surface area contributed by atoms with Crippen molar-refractivity contribution < 1.29 is 4.74 Å². The first-order valence-electron chi connectivity index (χ1n) is 6.17. The molecule has 92 valence electrons. The molecule has 0 radical (unpaired) electrons. The summed E-state index contributed by atoms with van der Waals surface area (Å²) in [6.07, 6.45) is 4.85. The molecule has 0 unspecified atom stereocenters. The van der Waals surface area contributed by atoms with Crippen molar-refractivity contribution in [2.24, 2.45) is 0 Å². The number of likely N-dealkylation sites (N-methyl/N-ethyl adjacent to an activating group) is 1. The van der Waals surface area contributed by atoms with Crippen LogP contribution in [-0.4, -0.2) is 40.9 Å². The largest absolute Gasteiger partial charge is 0.489 e. The van der Waals surface area contributed by atoms with Crippen molar-refractivity contribution in [3.8, 4) is 5.75 Å². The van der Waals surface area contributed by atoms with Crippen LogP contribution in [-0.2, 0) is 6.54 Å². The quantitative estimate of drug-likeness (QED) is 0.678. The molecule has 0 aromatic carbocycles. The predicted octanol–water partition coefficient (Wildman–Crippen LogP) is 2.01. The second-order valence-corrected chi connectivity index (χ2v) is 3.81. The van der Waals surface area contributed by atoms with E-state index < -0.39 is 0 Å². The van der Waals surface area contributed by atoms with Gasteiger partial charge in [-0.25, -0.2) is 0 Å². The lowest BCUT2D eigenvalue weighted by Gasteiger charge is -2.17. The third kappa shape index (κ3) is 4.23. The summed E-state index contributed by atoms with van der Waals surface area (Å²) in [4.78, 5) is 2.34. The minimum absolute atomic E-state index is 0.736. The van der Waals surface area contributed by atoms with Crippen LogP contribution in [0.2, 0.25) is 0 Å². The van der Waals surface area contributed by atoms with Crippen LogP contribution in [0.25, 0.3) is 0 Å². The maximum Gasteiger partial charge on any atom is 0.157 e. The smallest absolute Gasteiger partial charge is 0.157 e. The van der Waals surface area contributed by atoms with Gasteiger partial charge >= 0.3 is 0 Å². The molecule has 0 fully saturated rings. The van der Waals surface area contributed by atoms with E-state index in [1.807, 2.05) is 10.9 Å². The molecule has 0 aliphatic rings. The Balaban J connectivity index is 2.25. The Labute approximate surface area is 98.2 Å². The molecule has 0 aliphatic carbocycles. The van der Waals surface area contributed by atoms with Crippen LogP contribution in [0.4, 0.5) is 0 Å². The molecule has 4 nitrogen and oxygen atoms in total. The minimum Gasteiger partial charge on any atom is -0.489 e. The van der Waals surface area contributed by atoms with Crippen molar-refractivity contribution in [2.45, 2.75) is 33.7 Å². The molecule has 1 aromatic heterocycles. The molecule has 0 N–H and O–H groups in total. The molecule has 0 atom stereocenters. The van der Waals surface area contributed by atoms with Crippen molar-refractivity contribution in [3.05, 3.63) is 12.4 Å². The van der Waals surface area contributed by atoms with Gasteiger partial charge in [0.05, 0.1) is 12.4 Å². The van der Waals surface area contributed by atoms with Crippen LogP contribution in [0.3, 0.4) is 0 Å². The van der Waals surface area contributed by atoms with Crippen LogP contribution in [0, 0.1) is 0 Å². The van der Waals surface area contributed by atoms with Crippen molar-refractivity contribution >= 4 is 0 Å². The van der Waals surface area contributed by atoms with E-state index in [-0.39, 0.29) is 0 Å². The van der Waals surface area contributed by atoms with Gasteiger partial charge in [-0.15, -0.1) is 0 Å². The average molecular weight is 225 g/mol. The summed E-state index contributed by atoms with van der Waals surface area (Å²) in [5, 5.41) is 4.22. The van der Waals surface area contributed by atoms with Crippen LogP contribution in [0.5, 0.6) is 5.75 Å². The molecule has 0 saturated carbocycles. The number of hydrogen-bond acceptors (Lipinski definition) is 3. The van der Waals surface area contributed by atoms with Gasteiger partial charge < -0.3 is 9.64 Å². The minimum atomic E-state index is 0.736. The fourth-order valence-electron chi connectivity index (χ4n) is 1.60. The Bertz CT molecular complexity index is 282. The van der Waals surface area contributed by atoms with Crippen molar-refractivity contribution in [1.29, 1.82) is 0 Å². The number of ether oxygens (including phenoxy) is 1. The molecule has 1 heterocycles. The van der Waals surface area contributed by atoms with Crippen LogP contribution >= 0.6 is 0 Å². The molecule has 0 amide bonds. The molecular formula is C12H23N3O. The Kier molecular flexibility index (Phi) is 5.93. The first kappa shape index (κ1) is 13.0. The van der Waals surface area contributed by atoms with Crippen molar-refractivity contribution in [3.63, 3.8) is 0 Å². The highest BCUT2D eigenvalue weighted by Gasteiger charge is 2.01. The Morgan fingerprint density at radius 3 is 2.69 bits per heavy atom. The lowest BCUT2D eigenvalue weighted by molar-refractivity contribution is 0.222. The standard InChI is InChI=1S/C12H23N3O/c1-4-7-15-11-12(10-13-15)16-9-8-14(5-2)6-3/h10-11H,4-9H2,1-3H3. The highest BCUT2D eigenvalue weighted by atomic mass is 16.5. The summed E-state index contributed by atoms with van der Waals surface area (Å²) in [5.74, 6) is 0.876. The zero-order valence-corrected chi connectivity index (χ0v) is 10.6. The number of aromatic nitrogens is 2. The first-order valence-corrected chi connectivity index (χ1v) is 6.17. The maximum absolute atomic E-state index is 5.64. The highest BCUT2D eigenvalue weighted by Crippen LogP contribution is 2.08. The topological polar surface area (TPSA) is 30.3 Å². The Morgan fingerprint density at radius 1 is 1.31 bits per heavy atom. The van der Waals surface area contributed by atoms with Gasteiger partial charge in [-0.05, 0) is 19.5 Å². The van der Waals surface area contributed by atoms with Gasteiger partial charge in [0.25, 0.3) is 0 Å². The van der Waals surface area contributed by atoms with E-state index >= 15 is 0 Å². The van der Waals surface area contributed by atoms with E-state index in [4.69, 9.17) is 4.74 Å². The molecule has 16 heavy (non-hydrogen) atoms. The molecule has 0 aliphatic heterocycles. The lowest BCUT2D eigenvalue weighted by atomic mass is 10.5. The fourth-order valence-corrected chi connectivity index (χ4v) is 1.60. The summed E-state index contributed by atoms with van der Waals surface area (Å²) in [7, 11) is 0. The highest BCUT2D eigenvalue weighted by molar-refractivity contribution is 5.11. The zero-order valence-electron chi connectivity index (χ0n) is 10.6. The summed E-state index contributed by atoms with van der Waals surface area (Å²) < 4.78 is 7.57. The van der Waals surface area contributed by atoms with Crippen molar-refractivity contribution in [1.82, 2.24) is 14.7 Å². The Morgan fingerprint density at radius 2 is 2.06 bits per heavy atom. The molecular weight excluding hydrogens is 202 g/mol. The monoisotopic (exact) mass is 225 g/mol. The summed E-state index contributed by atoms with van der Waals surface area (Å²) >= 11 is 0. The maximum atomic E-state index is 5.64. The van der Waals surface area contributed by atoms with Gasteiger partial charge in [0.2, 0.25) is 0 Å². The predicted molar refractivity (Wildman–Crippen MR) is 65.8 cm³/mol. The van der Waals surface area contributed by atoms with E-state index in [1.54, 1.807) is 6.20 Å². The second-order valence-electron chi connectivity index (χ2n) is 3.81. The number of rotatable bonds is 8. The van der Waals surface area contributed by atoms with Crippen molar-refractivity contribution in [2.75, 3.05) is 26.2 Å². The summed E-state index contributed by atoms with van der Waals surface area (Å²) in [6.45, 7) is 11.3. The molecule has 4 heteroatoms. The van der Waals surface area contributed by atoms with E-state index in [1.165, 1.54) is 0 Å². The fraction of sp³-hybridized carbons (Fsp3) is 0.750. The van der Waals surface area contributed by atoms with E-state index in [0.29, 0.717) is 0 Å². The van der Waals surface area contributed by atoms with Crippen LogP contribution < -0.4 is 4.74 Å². The van der Waals surface area contributed by atoms with Gasteiger partial charge in [-0.1, -0.05) is 20.8 Å². The number of aryl methyl sites for hydroxylation is 1. The van der Waals surface area contributed by atoms with Gasteiger partial charge in [0, 0.05) is 13.1 Å². The van der Waals surface area contributed by atoms with Gasteiger partial charge in [0.15, 0.2) is 5.75 Å². The first-order chi connectivity index (χ1) is 7.80. The molecule has 0 saturated heterocycles. The third-order valence-corrected chi connectivity index (χ3v) is 2.63. The molecule has 1 rings (SSSR count). The number of hydrogen-bond donors (Lipinski definition) is 0. The molecule has 0 spiro atoms.